The first-order valence-electron chi connectivity index (χ1n) is 3.64. The van der Waals surface area contributed by atoms with E-state index in [1.54, 1.807) is 0 Å². The Kier molecular flexibility index (Phi) is 2.99. The summed E-state index contributed by atoms with van der Waals surface area (Å²) in [7, 11) is 0. The molecule has 1 aliphatic heterocycles. The number of hydrogen-bond donors (Lipinski definition) is 5. The van der Waals surface area contributed by atoms with Crippen LogP contribution in [0.4, 0.5) is 0 Å². The van der Waals surface area contributed by atoms with Crippen LogP contribution in [0, 0.1) is 0 Å². The van der Waals surface area contributed by atoms with Gasteiger partial charge in [-0.25, -0.2) is 0 Å². The molecule has 0 aromatic carbocycles. The minimum absolute atomic E-state index is 0.470. The zero-order chi connectivity index (χ0) is 9.30. The second-order valence-corrected chi connectivity index (χ2v) is 2.81. The SMILES string of the molecule is N[C@@H]1[C@@H](O)[C@@H](O)[C@@H](CO)O[14CH]1O. The van der Waals surface area contributed by atoms with Crippen molar-refractivity contribution < 1.29 is 25.2 Å². The van der Waals surface area contributed by atoms with E-state index < -0.39 is 37.3 Å². The molecule has 0 radical (unpaired) electrons. The Morgan fingerprint density at radius 2 is 1.92 bits per heavy atom. The van der Waals surface area contributed by atoms with Gasteiger partial charge in [-0.1, -0.05) is 0 Å². The average Bonchev–Trinajstić information content (AvgIpc) is 2.08. The Hall–Kier alpha value is -0.240. The van der Waals surface area contributed by atoms with Gasteiger partial charge in [0.15, 0.2) is 6.29 Å². The molecule has 12 heavy (non-hydrogen) atoms. The second kappa shape index (κ2) is 3.65. The first-order chi connectivity index (χ1) is 5.57. The van der Waals surface area contributed by atoms with Gasteiger partial charge in [0.25, 0.3) is 0 Å². The van der Waals surface area contributed by atoms with Crippen molar-refractivity contribution >= 4 is 0 Å². The lowest BCUT2D eigenvalue weighted by atomic mass is 10.1. The third-order valence-corrected chi connectivity index (χ3v) is 1.95. The fraction of sp³-hybridized carbons (Fsp3) is 1.00. The Morgan fingerprint density at radius 1 is 1.33 bits per heavy atom. The molecule has 6 heteroatoms. The molecule has 0 aliphatic carbocycles. The van der Waals surface area contributed by atoms with Crippen LogP contribution < -0.4 is 5.73 Å². The summed E-state index contributed by atoms with van der Waals surface area (Å²) in [5.41, 5.74) is 5.26. The van der Waals surface area contributed by atoms with Crippen LogP contribution in [0.25, 0.3) is 0 Å². The van der Waals surface area contributed by atoms with Crippen molar-refractivity contribution in [2.75, 3.05) is 6.61 Å². The minimum Gasteiger partial charge on any atom is -0.394 e. The van der Waals surface area contributed by atoms with Crippen molar-refractivity contribution in [2.45, 2.75) is 30.6 Å². The summed E-state index contributed by atoms with van der Waals surface area (Å²) in [5.74, 6) is 0. The maximum absolute atomic E-state index is 9.20. The molecule has 1 fully saturated rings. The normalized spacial score (nSPS) is 49.2. The van der Waals surface area contributed by atoms with Gasteiger partial charge in [0, 0.05) is 0 Å². The van der Waals surface area contributed by atoms with E-state index in [2.05, 4.69) is 0 Å². The van der Waals surface area contributed by atoms with E-state index in [0.717, 1.165) is 0 Å². The summed E-state index contributed by atoms with van der Waals surface area (Å²) in [6, 6.07) is -1.04. The number of aliphatic hydroxyl groups excluding tert-OH is 4. The highest BCUT2D eigenvalue weighted by atomic mass is 16.9. The lowest BCUT2D eigenvalue weighted by Crippen LogP contribution is -2.61. The standard InChI is InChI=1S/C6H13NO5/c7-3-5(10)4(9)2(1-8)12-6(3)11/h2-6,8-11H,1,7H2/t2-,3-,4+,5-,6?/m1/s1/i6+2. The van der Waals surface area contributed by atoms with E-state index in [4.69, 9.17) is 20.7 Å². The van der Waals surface area contributed by atoms with Gasteiger partial charge >= 0.3 is 0 Å². The third-order valence-electron chi connectivity index (χ3n) is 1.95. The molecule has 0 aromatic heterocycles. The van der Waals surface area contributed by atoms with E-state index in [-0.39, 0.29) is 0 Å². The number of nitrogens with two attached hydrogens (primary N) is 1. The monoisotopic (exact) mass is 181 g/mol. The zero-order valence-corrected chi connectivity index (χ0v) is 6.37. The van der Waals surface area contributed by atoms with Crippen molar-refractivity contribution in [1.82, 2.24) is 0 Å². The molecule has 0 saturated carbocycles. The average molecular weight is 181 g/mol. The molecule has 1 aliphatic rings. The van der Waals surface area contributed by atoms with Gasteiger partial charge in [-0.2, -0.15) is 0 Å². The van der Waals surface area contributed by atoms with Gasteiger partial charge < -0.3 is 30.9 Å². The van der Waals surface area contributed by atoms with Gasteiger partial charge in [0.1, 0.15) is 18.3 Å². The summed E-state index contributed by atoms with van der Waals surface area (Å²) in [6.07, 6.45) is -4.85. The molecular formula is C6H13NO5. The molecule has 6 nitrogen and oxygen atoms in total. The predicted molar refractivity (Wildman–Crippen MR) is 38.0 cm³/mol. The van der Waals surface area contributed by atoms with Gasteiger partial charge in [-0.05, 0) is 0 Å². The van der Waals surface area contributed by atoms with Crippen LogP contribution in [-0.2, 0) is 4.74 Å². The summed E-state index contributed by atoms with van der Waals surface area (Å²) in [4.78, 5) is 0. The van der Waals surface area contributed by atoms with Crippen LogP contribution in [0.2, 0.25) is 0 Å². The molecule has 1 heterocycles. The molecule has 6 N–H and O–H groups in total. The van der Waals surface area contributed by atoms with Gasteiger partial charge in [0.2, 0.25) is 0 Å². The van der Waals surface area contributed by atoms with Crippen molar-refractivity contribution in [3.63, 3.8) is 0 Å². The van der Waals surface area contributed by atoms with Gasteiger partial charge in [0.05, 0.1) is 12.6 Å². The second-order valence-electron chi connectivity index (χ2n) is 2.81. The van der Waals surface area contributed by atoms with Crippen LogP contribution in [-0.4, -0.2) is 57.7 Å². The number of hydrogen-bond acceptors (Lipinski definition) is 6. The van der Waals surface area contributed by atoms with Crippen LogP contribution in [0.1, 0.15) is 0 Å². The maximum atomic E-state index is 9.20. The van der Waals surface area contributed by atoms with Crippen LogP contribution in [0.15, 0.2) is 0 Å². The van der Waals surface area contributed by atoms with Crippen molar-refractivity contribution in [2.24, 2.45) is 5.73 Å². The minimum atomic E-state index is -1.35. The van der Waals surface area contributed by atoms with Gasteiger partial charge in [-0.15, -0.1) is 0 Å². The van der Waals surface area contributed by atoms with E-state index in [1.165, 1.54) is 0 Å². The fourth-order valence-corrected chi connectivity index (χ4v) is 1.12. The first-order valence-corrected chi connectivity index (χ1v) is 3.64. The largest absolute Gasteiger partial charge is 0.394 e. The molecule has 0 aromatic rings. The van der Waals surface area contributed by atoms with Crippen LogP contribution in [0.5, 0.6) is 0 Å². The Labute approximate surface area is 69.2 Å². The number of rotatable bonds is 1. The van der Waals surface area contributed by atoms with E-state index in [9.17, 15) is 10.2 Å². The fourth-order valence-electron chi connectivity index (χ4n) is 1.12. The zero-order valence-electron chi connectivity index (χ0n) is 6.37. The smallest absolute Gasteiger partial charge is 0.173 e. The molecular weight excluding hydrogens is 168 g/mol. The lowest BCUT2D eigenvalue weighted by molar-refractivity contribution is -0.248. The van der Waals surface area contributed by atoms with E-state index >= 15 is 0 Å². The first kappa shape index (κ1) is 9.85. The Balaban J connectivity index is 2.63. The van der Waals surface area contributed by atoms with Crippen molar-refractivity contribution in [1.29, 1.82) is 0 Å². The van der Waals surface area contributed by atoms with Crippen LogP contribution in [0.3, 0.4) is 0 Å². The van der Waals surface area contributed by atoms with Gasteiger partial charge in [-0.3, -0.25) is 0 Å². The van der Waals surface area contributed by atoms with E-state index in [0.29, 0.717) is 0 Å². The molecule has 1 unspecified atom stereocenters. The molecule has 0 bridgehead atoms. The quantitative estimate of drug-likeness (QED) is 0.290. The number of aliphatic hydroxyl groups is 4. The molecule has 0 spiro atoms. The number of ether oxygens (including phenoxy) is 1. The Morgan fingerprint density at radius 3 is 2.42 bits per heavy atom. The lowest BCUT2D eigenvalue weighted by Gasteiger charge is -2.38. The maximum Gasteiger partial charge on any atom is 0.173 e. The summed E-state index contributed by atoms with van der Waals surface area (Å²) in [6.45, 7) is -0.470. The van der Waals surface area contributed by atoms with Crippen LogP contribution >= 0.6 is 0 Å². The van der Waals surface area contributed by atoms with Crippen molar-refractivity contribution in [3.05, 3.63) is 0 Å². The highest BCUT2D eigenvalue weighted by Gasteiger charge is 2.41. The third kappa shape index (κ3) is 1.58. The van der Waals surface area contributed by atoms with Crippen molar-refractivity contribution in [3.8, 4) is 0 Å². The molecule has 0 amide bonds. The molecule has 72 valence electrons. The summed E-state index contributed by atoms with van der Waals surface area (Å²) in [5, 5.41) is 36.1. The highest BCUT2D eigenvalue weighted by Crippen LogP contribution is 2.17. The molecule has 1 saturated heterocycles. The Bertz CT molecular complexity index is 150. The summed E-state index contributed by atoms with van der Waals surface area (Å²) < 4.78 is 4.70. The topological polar surface area (TPSA) is 116 Å². The summed E-state index contributed by atoms with van der Waals surface area (Å²) >= 11 is 0. The van der Waals surface area contributed by atoms with E-state index in [1.807, 2.05) is 0 Å². The molecule has 5 atom stereocenters. The molecule has 1 rings (SSSR count). The highest BCUT2D eigenvalue weighted by molar-refractivity contribution is 4.90. The predicted octanol–water partition coefficient (Wildman–Crippen LogP) is -3.26.